The molecule has 0 aliphatic rings. The van der Waals surface area contributed by atoms with E-state index in [1.165, 1.54) is 5.56 Å². The molecule has 19 heavy (non-hydrogen) atoms. The predicted octanol–water partition coefficient (Wildman–Crippen LogP) is 3.35. The molecular weight excluding hydrogens is 302 g/mol. The first-order chi connectivity index (χ1) is 9.24. The van der Waals surface area contributed by atoms with E-state index in [1.807, 2.05) is 12.1 Å². The summed E-state index contributed by atoms with van der Waals surface area (Å²) in [5.74, 6) is 5.70. The minimum atomic E-state index is -0.0788. The Morgan fingerprint density at radius 3 is 2.79 bits per heavy atom. The Bertz CT molecular complexity index is 525. The van der Waals surface area contributed by atoms with Gasteiger partial charge in [0, 0.05) is 10.7 Å². The van der Waals surface area contributed by atoms with Gasteiger partial charge in [-0.05, 0) is 45.6 Å². The number of hydrogen-bond donors (Lipinski definition) is 2. The van der Waals surface area contributed by atoms with Crippen LogP contribution in [-0.2, 0) is 6.42 Å². The summed E-state index contributed by atoms with van der Waals surface area (Å²) in [5.41, 5.74) is 6.23. The SMILES string of the molecule is CCCc1cccc(C(NN)c2ccc(Br)cn2)c1. The Labute approximate surface area is 122 Å². The van der Waals surface area contributed by atoms with Gasteiger partial charge in [0.1, 0.15) is 0 Å². The van der Waals surface area contributed by atoms with Gasteiger partial charge in [0.2, 0.25) is 0 Å². The number of nitrogens with two attached hydrogens (primary N) is 1. The van der Waals surface area contributed by atoms with Crippen molar-refractivity contribution in [2.24, 2.45) is 5.84 Å². The van der Waals surface area contributed by atoms with Gasteiger partial charge in [-0.2, -0.15) is 0 Å². The molecule has 0 aliphatic carbocycles. The number of benzene rings is 1. The molecule has 0 aliphatic heterocycles. The lowest BCUT2D eigenvalue weighted by Gasteiger charge is -2.16. The number of aryl methyl sites for hydroxylation is 1. The van der Waals surface area contributed by atoms with Crippen LogP contribution in [0.1, 0.15) is 36.2 Å². The Balaban J connectivity index is 2.30. The van der Waals surface area contributed by atoms with Crippen LogP contribution in [0.4, 0.5) is 0 Å². The van der Waals surface area contributed by atoms with E-state index in [0.29, 0.717) is 0 Å². The van der Waals surface area contributed by atoms with Crippen LogP contribution in [0.3, 0.4) is 0 Å². The molecule has 100 valence electrons. The van der Waals surface area contributed by atoms with Gasteiger partial charge in [0.15, 0.2) is 0 Å². The average molecular weight is 320 g/mol. The van der Waals surface area contributed by atoms with Crippen LogP contribution in [-0.4, -0.2) is 4.98 Å². The largest absolute Gasteiger partial charge is 0.271 e. The van der Waals surface area contributed by atoms with Gasteiger partial charge >= 0.3 is 0 Å². The maximum atomic E-state index is 5.70. The van der Waals surface area contributed by atoms with Crippen LogP contribution >= 0.6 is 15.9 Å². The second-order valence-electron chi connectivity index (χ2n) is 4.50. The highest BCUT2D eigenvalue weighted by atomic mass is 79.9. The summed E-state index contributed by atoms with van der Waals surface area (Å²) in [6, 6.07) is 12.4. The third-order valence-corrected chi connectivity index (χ3v) is 3.50. The first kappa shape index (κ1) is 14.2. The molecule has 1 aromatic heterocycles. The highest BCUT2D eigenvalue weighted by molar-refractivity contribution is 9.10. The molecular formula is C15H18BrN3. The van der Waals surface area contributed by atoms with Gasteiger partial charge in [-0.3, -0.25) is 10.8 Å². The van der Waals surface area contributed by atoms with E-state index in [4.69, 9.17) is 5.84 Å². The Morgan fingerprint density at radius 1 is 1.32 bits per heavy atom. The summed E-state index contributed by atoms with van der Waals surface area (Å²) >= 11 is 3.39. The monoisotopic (exact) mass is 319 g/mol. The highest BCUT2D eigenvalue weighted by Crippen LogP contribution is 2.22. The van der Waals surface area contributed by atoms with Crippen molar-refractivity contribution >= 4 is 15.9 Å². The minimum Gasteiger partial charge on any atom is -0.271 e. The van der Waals surface area contributed by atoms with Gasteiger partial charge in [0.05, 0.1) is 11.7 Å². The number of hydrazine groups is 1. The van der Waals surface area contributed by atoms with Crippen LogP contribution in [0.25, 0.3) is 0 Å². The van der Waals surface area contributed by atoms with Crippen LogP contribution in [0.5, 0.6) is 0 Å². The maximum absolute atomic E-state index is 5.70. The molecule has 2 rings (SSSR count). The lowest BCUT2D eigenvalue weighted by Crippen LogP contribution is -2.29. The molecule has 0 spiro atoms. The quantitative estimate of drug-likeness (QED) is 0.656. The second kappa shape index (κ2) is 6.80. The number of nitrogens with one attached hydrogen (secondary N) is 1. The highest BCUT2D eigenvalue weighted by Gasteiger charge is 2.13. The van der Waals surface area contributed by atoms with E-state index < -0.39 is 0 Å². The lowest BCUT2D eigenvalue weighted by atomic mass is 9.99. The molecule has 1 unspecified atom stereocenters. The number of pyridine rings is 1. The third-order valence-electron chi connectivity index (χ3n) is 3.04. The standard InChI is InChI=1S/C15H18BrN3/c1-2-4-11-5-3-6-12(9-11)15(19-17)14-8-7-13(16)10-18-14/h3,5-10,15,19H,2,4,17H2,1H3. The van der Waals surface area contributed by atoms with Gasteiger partial charge in [-0.1, -0.05) is 37.6 Å². The molecule has 1 aromatic carbocycles. The van der Waals surface area contributed by atoms with Gasteiger partial charge in [-0.15, -0.1) is 0 Å². The van der Waals surface area contributed by atoms with Crippen molar-refractivity contribution in [3.63, 3.8) is 0 Å². The second-order valence-corrected chi connectivity index (χ2v) is 5.41. The first-order valence-electron chi connectivity index (χ1n) is 6.41. The Morgan fingerprint density at radius 2 is 2.16 bits per heavy atom. The summed E-state index contributed by atoms with van der Waals surface area (Å²) < 4.78 is 0.965. The first-order valence-corrected chi connectivity index (χ1v) is 7.20. The van der Waals surface area contributed by atoms with Crippen molar-refractivity contribution in [1.29, 1.82) is 0 Å². The van der Waals surface area contributed by atoms with Crippen LogP contribution in [0.15, 0.2) is 47.1 Å². The summed E-state index contributed by atoms with van der Waals surface area (Å²) in [6.45, 7) is 2.18. The summed E-state index contributed by atoms with van der Waals surface area (Å²) in [5, 5.41) is 0. The van der Waals surface area contributed by atoms with Gasteiger partial charge < -0.3 is 0 Å². The number of hydrogen-bond acceptors (Lipinski definition) is 3. The van der Waals surface area contributed by atoms with E-state index >= 15 is 0 Å². The van der Waals surface area contributed by atoms with E-state index in [0.717, 1.165) is 28.6 Å². The van der Waals surface area contributed by atoms with Crippen molar-refractivity contribution in [3.8, 4) is 0 Å². The van der Waals surface area contributed by atoms with Crippen molar-refractivity contribution in [1.82, 2.24) is 10.4 Å². The zero-order chi connectivity index (χ0) is 13.7. The number of aromatic nitrogens is 1. The van der Waals surface area contributed by atoms with Crippen molar-refractivity contribution in [2.75, 3.05) is 0 Å². The summed E-state index contributed by atoms with van der Waals surface area (Å²) in [7, 11) is 0. The molecule has 0 radical (unpaired) electrons. The molecule has 2 aromatic rings. The fourth-order valence-corrected chi connectivity index (χ4v) is 2.36. The molecule has 1 heterocycles. The number of rotatable bonds is 5. The average Bonchev–Trinajstić information content (AvgIpc) is 2.43. The molecule has 1 atom stereocenters. The smallest absolute Gasteiger partial charge is 0.0881 e. The normalized spacial score (nSPS) is 12.4. The Hall–Kier alpha value is -1.23. The molecule has 0 fully saturated rings. The molecule has 3 nitrogen and oxygen atoms in total. The third kappa shape index (κ3) is 3.62. The zero-order valence-electron chi connectivity index (χ0n) is 10.9. The predicted molar refractivity (Wildman–Crippen MR) is 81.5 cm³/mol. The maximum Gasteiger partial charge on any atom is 0.0881 e. The topological polar surface area (TPSA) is 50.9 Å². The van der Waals surface area contributed by atoms with E-state index in [1.54, 1.807) is 6.20 Å². The Kier molecular flexibility index (Phi) is 5.07. The molecule has 4 heteroatoms. The minimum absolute atomic E-state index is 0.0788. The fourth-order valence-electron chi connectivity index (χ4n) is 2.13. The van der Waals surface area contributed by atoms with Crippen LogP contribution < -0.4 is 11.3 Å². The number of halogens is 1. The molecule has 0 bridgehead atoms. The van der Waals surface area contributed by atoms with Crippen molar-refractivity contribution < 1.29 is 0 Å². The van der Waals surface area contributed by atoms with E-state index in [9.17, 15) is 0 Å². The lowest BCUT2D eigenvalue weighted by molar-refractivity contribution is 0.619. The molecule has 0 saturated heterocycles. The van der Waals surface area contributed by atoms with Gasteiger partial charge in [0.25, 0.3) is 0 Å². The van der Waals surface area contributed by atoms with Crippen molar-refractivity contribution in [3.05, 3.63) is 63.9 Å². The molecule has 3 N–H and O–H groups in total. The molecule has 0 saturated carbocycles. The van der Waals surface area contributed by atoms with Crippen molar-refractivity contribution in [2.45, 2.75) is 25.8 Å². The summed E-state index contributed by atoms with van der Waals surface area (Å²) in [6.07, 6.45) is 4.01. The zero-order valence-corrected chi connectivity index (χ0v) is 12.5. The van der Waals surface area contributed by atoms with Gasteiger partial charge in [-0.25, -0.2) is 5.43 Å². The van der Waals surface area contributed by atoms with Crippen LogP contribution in [0.2, 0.25) is 0 Å². The van der Waals surface area contributed by atoms with E-state index in [2.05, 4.69) is 57.5 Å². The summed E-state index contributed by atoms with van der Waals surface area (Å²) in [4.78, 5) is 4.41. The van der Waals surface area contributed by atoms with E-state index in [-0.39, 0.29) is 6.04 Å². The number of nitrogens with zero attached hydrogens (tertiary/aromatic N) is 1. The fraction of sp³-hybridized carbons (Fsp3) is 0.267. The molecule has 0 amide bonds. The van der Waals surface area contributed by atoms with Crippen LogP contribution in [0, 0.1) is 0 Å².